The van der Waals surface area contributed by atoms with Crippen molar-refractivity contribution in [3.8, 4) is 5.75 Å². The Bertz CT molecular complexity index is 465. The van der Waals surface area contributed by atoms with E-state index < -0.39 is 5.54 Å². The second-order valence-electron chi connectivity index (χ2n) is 5.99. The second-order valence-corrected chi connectivity index (χ2v) is 5.99. The number of nitrogens with one attached hydrogen (secondary N) is 1. The minimum atomic E-state index is -0.529. The largest absolute Gasteiger partial charge is 0.495 e. The molecule has 0 aliphatic carbocycles. The molecule has 20 heavy (non-hydrogen) atoms. The number of benzene rings is 1. The number of ether oxygens (including phenoxy) is 1. The maximum atomic E-state index is 12.0. The third kappa shape index (κ3) is 5.59. The van der Waals surface area contributed by atoms with Crippen LogP contribution in [0.5, 0.6) is 5.75 Å². The summed E-state index contributed by atoms with van der Waals surface area (Å²) in [6.45, 7) is 4.45. The van der Waals surface area contributed by atoms with Crippen LogP contribution in [-0.4, -0.2) is 37.6 Å². The molecule has 1 rings (SSSR count). The van der Waals surface area contributed by atoms with Crippen LogP contribution < -0.4 is 15.8 Å². The van der Waals surface area contributed by atoms with E-state index in [4.69, 9.17) is 10.5 Å². The zero-order valence-electron chi connectivity index (χ0n) is 13.0. The highest BCUT2D eigenvalue weighted by atomic mass is 16.5. The van der Waals surface area contributed by atoms with Crippen LogP contribution >= 0.6 is 0 Å². The van der Waals surface area contributed by atoms with Crippen molar-refractivity contribution in [2.24, 2.45) is 5.73 Å². The first-order chi connectivity index (χ1) is 9.21. The van der Waals surface area contributed by atoms with Gasteiger partial charge in [-0.25, -0.2) is 0 Å². The summed E-state index contributed by atoms with van der Waals surface area (Å²) in [6.07, 6.45) is 0.258. The van der Waals surface area contributed by atoms with E-state index in [9.17, 15) is 4.79 Å². The zero-order valence-corrected chi connectivity index (χ0v) is 13.0. The van der Waals surface area contributed by atoms with Gasteiger partial charge in [0.15, 0.2) is 0 Å². The molecule has 0 saturated heterocycles. The van der Waals surface area contributed by atoms with Crippen LogP contribution in [0.1, 0.15) is 25.8 Å². The first-order valence-electron chi connectivity index (χ1n) is 6.61. The van der Waals surface area contributed by atoms with Gasteiger partial charge >= 0.3 is 0 Å². The molecule has 3 N–H and O–H groups in total. The summed E-state index contributed by atoms with van der Waals surface area (Å²) in [5.41, 5.74) is 7.12. The third-order valence-corrected chi connectivity index (χ3v) is 2.65. The Kier molecular flexibility index (Phi) is 5.53. The van der Waals surface area contributed by atoms with Crippen LogP contribution in [0.25, 0.3) is 0 Å². The van der Waals surface area contributed by atoms with E-state index in [1.807, 2.05) is 46.1 Å². The maximum absolute atomic E-state index is 12.0. The van der Waals surface area contributed by atoms with Crippen molar-refractivity contribution in [1.29, 1.82) is 0 Å². The predicted molar refractivity (Wildman–Crippen MR) is 81.9 cm³/mol. The fraction of sp³-hybridized carbons (Fsp3) is 0.533. The lowest BCUT2D eigenvalue weighted by molar-refractivity contribution is -0.117. The molecule has 0 saturated carbocycles. The molecule has 0 aliphatic heterocycles. The van der Waals surface area contributed by atoms with Crippen molar-refractivity contribution in [2.45, 2.75) is 32.4 Å². The minimum absolute atomic E-state index is 0.113. The number of hydrogen-bond donors (Lipinski definition) is 2. The Hall–Kier alpha value is -1.59. The number of anilines is 1. The Labute approximate surface area is 121 Å². The van der Waals surface area contributed by atoms with E-state index in [2.05, 4.69) is 10.2 Å². The smallest absolute Gasteiger partial charge is 0.226 e. The highest BCUT2D eigenvalue weighted by Gasteiger charge is 2.17. The molecule has 0 heterocycles. The van der Waals surface area contributed by atoms with Gasteiger partial charge in [-0.15, -0.1) is 0 Å². The van der Waals surface area contributed by atoms with Gasteiger partial charge in [0.1, 0.15) is 5.75 Å². The van der Waals surface area contributed by atoms with E-state index in [-0.39, 0.29) is 12.3 Å². The van der Waals surface area contributed by atoms with Crippen LogP contribution in [0.15, 0.2) is 18.2 Å². The summed E-state index contributed by atoms with van der Waals surface area (Å²) in [5, 5.41) is 2.87. The van der Waals surface area contributed by atoms with E-state index >= 15 is 0 Å². The number of rotatable bonds is 6. The van der Waals surface area contributed by atoms with Gasteiger partial charge in [-0.2, -0.15) is 0 Å². The number of nitrogens with two attached hydrogens (primary N) is 1. The van der Waals surface area contributed by atoms with Crippen molar-refractivity contribution in [3.63, 3.8) is 0 Å². The molecule has 0 radical (unpaired) electrons. The summed E-state index contributed by atoms with van der Waals surface area (Å²) in [5.74, 6) is 0.536. The van der Waals surface area contributed by atoms with E-state index in [0.717, 1.165) is 12.1 Å². The summed E-state index contributed by atoms with van der Waals surface area (Å²) in [7, 11) is 5.59. The molecule has 0 aromatic heterocycles. The van der Waals surface area contributed by atoms with Crippen LogP contribution in [0.3, 0.4) is 0 Å². The van der Waals surface area contributed by atoms with E-state index in [1.165, 1.54) is 0 Å². The van der Waals surface area contributed by atoms with Gasteiger partial charge < -0.3 is 20.7 Å². The molecular formula is C15H25N3O2. The van der Waals surface area contributed by atoms with Gasteiger partial charge in [0, 0.05) is 18.5 Å². The van der Waals surface area contributed by atoms with E-state index in [0.29, 0.717) is 11.4 Å². The van der Waals surface area contributed by atoms with Crippen LogP contribution in [0.2, 0.25) is 0 Å². The van der Waals surface area contributed by atoms with Crippen molar-refractivity contribution in [3.05, 3.63) is 23.8 Å². The highest BCUT2D eigenvalue weighted by molar-refractivity contribution is 5.93. The van der Waals surface area contributed by atoms with Gasteiger partial charge in [-0.1, -0.05) is 6.07 Å². The SMILES string of the molecule is COc1ccc(CN(C)C)cc1NC(=O)CC(C)(C)N. The molecule has 0 bridgehead atoms. The second kappa shape index (κ2) is 6.72. The Morgan fingerprint density at radius 3 is 2.55 bits per heavy atom. The van der Waals surface area contributed by atoms with Crippen molar-refractivity contribution >= 4 is 11.6 Å². The monoisotopic (exact) mass is 279 g/mol. The van der Waals surface area contributed by atoms with Gasteiger partial charge in [-0.05, 0) is 45.6 Å². The molecule has 1 aromatic carbocycles. The quantitative estimate of drug-likeness (QED) is 0.833. The summed E-state index contributed by atoms with van der Waals surface area (Å²) < 4.78 is 5.28. The van der Waals surface area contributed by atoms with Crippen molar-refractivity contribution in [1.82, 2.24) is 4.90 Å². The van der Waals surface area contributed by atoms with Gasteiger partial charge in [-0.3, -0.25) is 4.79 Å². The molecule has 5 nitrogen and oxygen atoms in total. The number of methoxy groups -OCH3 is 1. The fourth-order valence-corrected chi connectivity index (χ4v) is 1.92. The number of carbonyl (C=O) groups is 1. The topological polar surface area (TPSA) is 67.6 Å². The van der Waals surface area contributed by atoms with Crippen molar-refractivity contribution < 1.29 is 9.53 Å². The molecule has 1 amide bonds. The van der Waals surface area contributed by atoms with E-state index in [1.54, 1.807) is 7.11 Å². The first-order valence-corrected chi connectivity index (χ1v) is 6.61. The Morgan fingerprint density at radius 2 is 2.05 bits per heavy atom. The highest BCUT2D eigenvalue weighted by Crippen LogP contribution is 2.26. The zero-order chi connectivity index (χ0) is 15.3. The summed E-state index contributed by atoms with van der Waals surface area (Å²) in [4.78, 5) is 14.0. The first kappa shape index (κ1) is 16.5. The lowest BCUT2D eigenvalue weighted by atomic mass is 10.0. The van der Waals surface area contributed by atoms with Gasteiger partial charge in [0.25, 0.3) is 0 Å². The van der Waals surface area contributed by atoms with Gasteiger partial charge in [0.05, 0.1) is 12.8 Å². The average Bonchev–Trinajstić information content (AvgIpc) is 2.25. The average molecular weight is 279 g/mol. The molecule has 0 spiro atoms. The normalized spacial score (nSPS) is 11.6. The molecule has 1 aromatic rings. The molecular weight excluding hydrogens is 254 g/mol. The van der Waals surface area contributed by atoms with Crippen LogP contribution in [0, 0.1) is 0 Å². The molecule has 5 heteroatoms. The summed E-state index contributed by atoms with van der Waals surface area (Å²) in [6, 6.07) is 5.78. The fourth-order valence-electron chi connectivity index (χ4n) is 1.92. The Morgan fingerprint density at radius 1 is 1.40 bits per heavy atom. The van der Waals surface area contributed by atoms with Crippen LogP contribution in [-0.2, 0) is 11.3 Å². The number of nitrogens with zero attached hydrogens (tertiary/aromatic N) is 1. The molecule has 0 fully saturated rings. The van der Waals surface area contributed by atoms with Gasteiger partial charge in [0.2, 0.25) is 5.91 Å². The lowest BCUT2D eigenvalue weighted by Crippen LogP contribution is -2.36. The molecule has 0 aliphatic rings. The molecule has 0 unspecified atom stereocenters. The number of carbonyl (C=O) groups excluding carboxylic acids is 1. The summed E-state index contributed by atoms with van der Waals surface area (Å²) >= 11 is 0. The molecule has 0 atom stereocenters. The number of amides is 1. The Balaban J connectivity index is 2.88. The predicted octanol–water partition coefficient (Wildman–Crippen LogP) is 1.82. The van der Waals surface area contributed by atoms with Crippen LogP contribution in [0.4, 0.5) is 5.69 Å². The standard InChI is InChI=1S/C15H25N3O2/c1-15(2,16)9-14(19)17-12-8-11(10-18(3)4)6-7-13(12)20-5/h6-8H,9-10,16H2,1-5H3,(H,17,19). The maximum Gasteiger partial charge on any atom is 0.226 e. The lowest BCUT2D eigenvalue weighted by Gasteiger charge is -2.19. The number of hydrogen-bond acceptors (Lipinski definition) is 4. The third-order valence-electron chi connectivity index (χ3n) is 2.65. The molecule has 112 valence electrons. The minimum Gasteiger partial charge on any atom is -0.495 e. The van der Waals surface area contributed by atoms with Crippen molar-refractivity contribution in [2.75, 3.05) is 26.5 Å².